The third-order valence-corrected chi connectivity index (χ3v) is 6.69. The lowest BCUT2D eigenvalue weighted by Crippen LogP contribution is -2.36. The summed E-state index contributed by atoms with van der Waals surface area (Å²) in [5.74, 6) is 0.0629. The van der Waals surface area contributed by atoms with E-state index < -0.39 is 15.9 Å². The summed E-state index contributed by atoms with van der Waals surface area (Å²) >= 11 is 0. The summed E-state index contributed by atoms with van der Waals surface area (Å²) in [5, 5.41) is 2.31. The number of amides is 1. The quantitative estimate of drug-likeness (QED) is 0.474. The molecule has 0 aliphatic carbocycles. The van der Waals surface area contributed by atoms with Gasteiger partial charge in [0.05, 0.1) is 30.5 Å². The Morgan fingerprint density at radius 3 is 2.59 bits per heavy atom. The van der Waals surface area contributed by atoms with E-state index in [-0.39, 0.29) is 5.56 Å². The zero-order chi connectivity index (χ0) is 23.9. The minimum atomic E-state index is -3.72. The van der Waals surface area contributed by atoms with E-state index in [0.29, 0.717) is 38.4 Å². The normalized spacial score (nSPS) is 14.6. The van der Waals surface area contributed by atoms with Crippen molar-refractivity contribution in [2.75, 3.05) is 37.5 Å². The predicted molar refractivity (Wildman–Crippen MR) is 133 cm³/mol. The summed E-state index contributed by atoms with van der Waals surface area (Å²) in [6.07, 6.45) is 0.971. The summed E-state index contributed by atoms with van der Waals surface area (Å²) in [4.78, 5) is 19.8. The van der Waals surface area contributed by atoms with Crippen LogP contribution in [0.15, 0.2) is 54.6 Å². The van der Waals surface area contributed by atoms with Gasteiger partial charge in [-0.2, -0.15) is 0 Å². The smallest absolute Gasteiger partial charge is 0.267 e. The Hall–Kier alpha value is -3.43. The van der Waals surface area contributed by atoms with E-state index in [1.165, 1.54) is 0 Å². The summed E-state index contributed by atoms with van der Waals surface area (Å²) in [5.41, 5.74) is 3.49. The minimum Gasteiger partial charge on any atom is -0.378 e. The number of imidazole rings is 1. The van der Waals surface area contributed by atoms with E-state index in [9.17, 15) is 13.2 Å². The SMILES string of the molecule is Cc1nc2c(C(=O)NS(C)(=O)=O)cc(N3CCOCC3)cc2n1Cc1cccc2ccccc12. The van der Waals surface area contributed by atoms with E-state index >= 15 is 0 Å². The Morgan fingerprint density at radius 2 is 1.82 bits per heavy atom. The number of ether oxygens (including phenoxy) is 1. The second-order valence-corrected chi connectivity index (χ2v) is 10.3. The molecule has 3 aromatic carbocycles. The van der Waals surface area contributed by atoms with Crippen LogP contribution in [0.3, 0.4) is 0 Å². The lowest BCUT2D eigenvalue weighted by molar-refractivity contribution is 0.0983. The van der Waals surface area contributed by atoms with Crippen molar-refractivity contribution in [1.82, 2.24) is 14.3 Å². The van der Waals surface area contributed by atoms with Gasteiger partial charge in [-0.3, -0.25) is 4.79 Å². The molecule has 8 nitrogen and oxygen atoms in total. The molecule has 5 rings (SSSR count). The summed E-state index contributed by atoms with van der Waals surface area (Å²) in [6.45, 7) is 5.04. The van der Waals surface area contributed by atoms with E-state index in [2.05, 4.69) is 38.5 Å². The number of fused-ring (bicyclic) bond motifs is 2. The van der Waals surface area contributed by atoms with Gasteiger partial charge in [0.1, 0.15) is 11.3 Å². The summed E-state index contributed by atoms with van der Waals surface area (Å²) < 4.78 is 33.2. The number of aromatic nitrogens is 2. The highest BCUT2D eigenvalue weighted by molar-refractivity contribution is 7.89. The number of hydrogen-bond acceptors (Lipinski definition) is 6. The molecule has 1 aliphatic rings. The molecule has 2 heterocycles. The number of benzene rings is 3. The largest absolute Gasteiger partial charge is 0.378 e. The molecule has 1 N–H and O–H groups in total. The number of anilines is 1. The van der Waals surface area contributed by atoms with Gasteiger partial charge in [0, 0.05) is 25.3 Å². The topological polar surface area (TPSA) is 93.5 Å². The van der Waals surface area contributed by atoms with Crippen LogP contribution in [-0.2, 0) is 21.3 Å². The standard InChI is InChI=1S/C25H26N4O4S/c1-17-26-24-22(25(30)27-34(2,31)32)14-20(28-10-12-33-13-11-28)15-23(24)29(17)16-19-8-5-7-18-6-3-4-9-21(18)19/h3-9,14-15H,10-13,16H2,1-2H3,(H,27,30). The molecule has 0 atom stereocenters. The lowest BCUT2D eigenvalue weighted by Gasteiger charge is -2.29. The summed E-state index contributed by atoms with van der Waals surface area (Å²) in [6, 6.07) is 18.2. The Kier molecular flexibility index (Phi) is 5.75. The highest BCUT2D eigenvalue weighted by Gasteiger charge is 2.23. The van der Waals surface area contributed by atoms with Crippen molar-refractivity contribution < 1.29 is 17.9 Å². The first-order chi connectivity index (χ1) is 16.3. The van der Waals surface area contributed by atoms with Gasteiger partial charge in [-0.15, -0.1) is 0 Å². The number of carbonyl (C=O) groups is 1. The average Bonchev–Trinajstić information content (AvgIpc) is 3.13. The average molecular weight is 479 g/mol. The summed E-state index contributed by atoms with van der Waals surface area (Å²) in [7, 11) is -3.72. The molecular weight excluding hydrogens is 452 g/mol. The molecule has 176 valence electrons. The molecule has 9 heteroatoms. The van der Waals surface area contributed by atoms with E-state index in [1.807, 2.05) is 31.2 Å². The van der Waals surface area contributed by atoms with Crippen molar-refractivity contribution in [3.8, 4) is 0 Å². The van der Waals surface area contributed by atoms with Gasteiger partial charge in [0.25, 0.3) is 5.91 Å². The number of hydrogen-bond donors (Lipinski definition) is 1. The first-order valence-electron chi connectivity index (χ1n) is 11.1. The van der Waals surface area contributed by atoms with Gasteiger partial charge in [-0.1, -0.05) is 42.5 Å². The zero-order valence-corrected chi connectivity index (χ0v) is 19.9. The molecule has 0 spiro atoms. The highest BCUT2D eigenvalue weighted by Crippen LogP contribution is 2.30. The fourth-order valence-corrected chi connectivity index (χ4v) is 4.97. The number of sulfonamides is 1. The van der Waals surface area contributed by atoms with Crippen molar-refractivity contribution in [2.45, 2.75) is 13.5 Å². The van der Waals surface area contributed by atoms with Crippen LogP contribution >= 0.6 is 0 Å². The number of aryl methyl sites for hydroxylation is 1. The number of rotatable bonds is 5. The van der Waals surface area contributed by atoms with Crippen LogP contribution in [-0.4, -0.2) is 56.4 Å². The van der Waals surface area contributed by atoms with Gasteiger partial charge in [0.2, 0.25) is 10.0 Å². The van der Waals surface area contributed by atoms with Crippen molar-refractivity contribution >= 4 is 43.4 Å². The van der Waals surface area contributed by atoms with E-state index in [1.54, 1.807) is 6.07 Å². The third kappa shape index (κ3) is 4.36. The molecule has 1 amide bonds. The van der Waals surface area contributed by atoms with Crippen LogP contribution in [0.5, 0.6) is 0 Å². The number of carbonyl (C=O) groups excluding carboxylic acids is 1. The molecule has 1 aliphatic heterocycles. The fourth-order valence-electron chi connectivity index (χ4n) is 4.52. The number of nitrogens with zero attached hydrogens (tertiary/aromatic N) is 3. The molecule has 4 aromatic rings. The molecule has 0 radical (unpaired) electrons. The Bertz CT molecular complexity index is 1500. The lowest BCUT2D eigenvalue weighted by atomic mass is 10.0. The predicted octanol–water partition coefficient (Wildman–Crippen LogP) is 3.07. The second kappa shape index (κ2) is 8.73. The zero-order valence-electron chi connectivity index (χ0n) is 19.1. The van der Waals surface area contributed by atoms with E-state index in [0.717, 1.165) is 39.6 Å². The van der Waals surface area contributed by atoms with Crippen molar-refractivity contribution in [2.24, 2.45) is 0 Å². The maximum absolute atomic E-state index is 13.0. The van der Waals surface area contributed by atoms with Gasteiger partial charge in [0.15, 0.2) is 0 Å². The maximum atomic E-state index is 13.0. The van der Waals surface area contributed by atoms with Crippen molar-refractivity contribution in [3.05, 3.63) is 71.5 Å². The van der Waals surface area contributed by atoms with Gasteiger partial charge in [-0.05, 0) is 35.4 Å². The molecule has 1 aromatic heterocycles. The van der Waals surface area contributed by atoms with Crippen LogP contribution in [0.2, 0.25) is 0 Å². The molecule has 34 heavy (non-hydrogen) atoms. The first kappa shape index (κ1) is 22.4. The van der Waals surface area contributed by atoms with Gasteiger partial charge < -0.3 is 14.2 Å². The Morgan fingerprint density at radius 1 is 1.09 bits per heavy atom. The van der Waals surface area contributed by atoms with Crippen LogP contribution < -0.4 is 9.62 Å². The fraction of sp³-hybridized carbons (Fsp3) is 0.280. The highest BCUT2D eigenvalue weighted by atomic mass is 32.2. The Balaban J connectivity index is 1.67. The van der Waals surface area contributed by atoms with Crippen LogP contribution in [0.25, 0.3) is 21.8 Å². The monoisotopic (exact) mass is 478 g/mol. The molecule has 1 fully saturated rings. The molecule has 1 saturated heterocycles. The second-order valence-electron chi connectivity index (χ2n) is 8.55. The van der Waals surface area contributed by atoms with Gasteiger partial charge >= 0.3 is 0 Å². The minimum absolute atomic E-state index is 0.240. The van der Waals surface area contributed by atoms with Crippen LogP contribution in [0.1, 0.15) is 21.7 Å². The van der Waals surface area contributed by atoms with Gasteiger partial charge in [-0.25, -0.2) is 18.1 Å². The maximum Gasteiger partial charge on any atom is 0.267 e. The molecular formula is C25H26N4O4S. The molecule has 0 saturated carbocycles. The number of morpholine rings is 1. The van der Waals surface area contributed by atoms with Crippen molar-refractivity contribution in [3.63, 3.8) is 0 Å². The Labute approximate surface area is 198 Å². The van der Waals surface area contributed by atoms with Crippen LogP contribution in [0.4, 0.5) is 5.69 Å². The van der Waals surface area contributed by atoms with Crippen LogP contribution in [0, 0.1) is 6.92 Å². The number of nitrogens with one attached hydrogen (secondary N) is 1. The first-order valence-corrected chi connectivity index (χ1v) is 13.0. The molecule has 0 unspecified atom stereocenters. The van der Waals surface area contributed by atoms with Crippen molar-refractivity contribution in [1.29, 1.82) is 0 Å². The van der Waals surface area contributed by atoms with E-state index in [4.69, 9.17) is 9.72 Å². The molecule has 0 bridgehead atoms. The third-order valence-electron chi connectivity index (χ3n) is 6.14.